The number of hydrogen-bond donors (Lipinski definition) is 1. The van der Waals surface area contributed by atoms with Crippen LogP contribution < -0.4 is 5.32 Å². The SMILES string of the molecule is O=C(NCc1csc2ccccc12)C1CCN(S(=O)(=O)c2ccc3c(c2)CCC3)CC1. The molecular formula is C24H26N2O3S2. The van der Waals surface area contributed by atoms with Crippen molar-refractivity contribution in [1.29, 1.82) is 0 Å². The molecule has 1 aliphatic heterocycles. The predicted octanol–water partition coefficient (Wildman–Crippen LogP) is 4.11. The number of nitrogens with one attached hydrogen (secondary N) is 1. The van der Waals surface area contributed by atoms with Crippen LogP contribution in [0.15, 0.2) is 52.7 Å². The van der Waals surface area contributed by atoms with Crippen LogP contribution in [0, 0.1) is 5.92 Å². The fraction of sp³-hybridized carbons (Fsp3) is 0.375. The molecule has 7 heteroatoms. The van der Waals surface area contributed by atoms with Crippen LogP contribution in [0.4, 0.5) is 0 Å². The Labute approximate surface area is 187 Å². The van der Waals surface area contributed by atoms with E-state index in [1.165, 1.54) is 15.6 Å². The van der Waals surface area contributed by atoms with Gasteiger partial charge in [-0.15, -0.1) is 11.3 Å². The average molecular weight is 455 g/mol. The standard InChI is InChI=1S/C24H26N2O3S2/c27-24(25-15-20-16-30-23-7-2-1-6-22(20)23)18-10-12-26(13-11-18)31(28,29)21-9-8-17-4-3-5-19(17)14-21/h1-2,6-9,14,16,18H,3-5,10-13,15H2,(H,25,27). The molecule has 162 valence electrons. The van der Waals surface area contributed by atoms with Crippen molar-refractivity contribution in [3.8, 4) is 0 Å². The number of carbonyl (C=O) groups excluding carboxylic acids is 1. The lowest BCUT2D eigenvalue weighted by Gasteiger charge is -2.30. The van der Waals surface area contributed by atoms with Crippen molar-refractivity contribution < 1.29 is 13.2 Å². The number of benzene rings is 2. The van der Waals surface area contributed by atoms with Crippen LogP contribution >= 0.6 is 11.3 Å². The molecule has 0 spiro atoms. The maximum absolute atomic E-state index is 13.1. The molecule has 1 N–H and O–H groups in total. The van der Waals surface area contributed by atoms with Crippen LogP contribution in [0.3, 0.4) is 0 Å². The Hall–Kier alpha value is -2.22. The second-order valence-electron chi connectivity index (χ2n) is 8.44. The van der Waals surface area contributed by atoms with Crippen molar-refractivity contribution in [2.75, 3.05) is 13.1 Å². The van der Waals surface area contributed by atoms with Crippen LogP contribution in [0.5, 0.6) is 0 Å². The number of sulfonamides is 1. The fourth-order valence-corrected chi connectivity index (χ4v) is 7.20. The van der Waals surface area contributed by atoms with E-state index in [9.17, 15) is 13.2 Å². The van der Waals surface area contributed by atoms with E-state index < -0.39 is 10.0 Å². The highest BCUT2D eigenvalue weighted by Crippen LogP contribution is 2.29. The lowest BCUT2D eigenvalue weighted by molar-refractivity contribution is -0.126. The van der Waals surface area contributed by atoms with Gasteiger partial charge in [0.25, 0.3) is 0 Å². The number of thiophene rings is 1. The number of amides is 1. The van der Waals surface area contributed by atoms with E-state index in [2.05, 4.69) is 22.8 Å². The van der Waals surface area contributed by atoms with Crippen molar-refractivity contribution in [3.63, 3.8) is 0 Å². The van der Waals surface area contributed by atoms with Crippen molar-refractivity contribution in [2.45, 2.75) is 43.5 Å². The summed E-state index contributed by atoms with van der Waals surface area (Å²) in [6.07, 6.45) is 4.21. The molecule has 5 rings (SSSR count). The molecule has 0 saturated carbocycles. The number of piperidine rings is 1. The maximum atomic E-state index is 13.1. The molecule has 0 radical (unpaired) electrons. The Bertz CT molecular complexity index is 1220. The first kappa shape index (κ1) is 20.7. The zero-order chi connectivity index (χ0) is 21.4. The first-order valence-corrected chi connectivity index (χ1v) is 13.2. The molecule has 5 nitrogen and oxygen atoms in total. The van der Waals surface area contributed by atoms with E-state index >= 15 is 0 Å². The van der Waals surface area contributed by atoms with Gasteiger partial charge in [0, 0.05) is 30.3 Å². The largest absolute Gasteiger partial charge is 0.352 e. The number of hydrogen-bond acceptors (Lipinski definition) is 4. The summed E-state index contributed by atoms with van der Waals surface area (Å²) in [7, 11) is -3.50. The minimum atomic E-state index is -3.50. The molecule has 0 bridgehead atoms. The monoisotopic (exact) mass is 454 g/mol. The first-order valence-electron chi connectivity index (χ1n) is 10.9. The lowest BCUT2D eigenvalue weighted by atomic mass is 9.97. The van der Waals surface area contributed by atoms with Gasteiger partial charge in [-0.2, -0.15) is 4.31 Å². The van der Waals surface area contributed by atoms with E-state index in [1.54, 1.807) is 21.7 Å². The molecule has 1 aromatic heterocycles. The topological polar surface area (TPSA) is 66.5 Å². The van der Waals surface area contributed by atoms with E-state index in [0.717, 1.165) is 30.4 Å². The van der Waals surface area contributed by atoms with Gasteiger partial charge >= 0.3 is 0 Å². The van der Waals surface area contributed by atoms with Gasteiger partial charge in [0.15, 0.2) is 0 Å². The molecule has 3 aromatic rings. The van der Waals surface area contributed by atoms with Crippen LogP contribution in [-0.4, -0.2) is 31.7 Å². The molecule has 1 aliphatic carbocycles. The van der Waals surface area contributed by atoms with Gasteiger partial charge < -0.3 is 5.32 Å². The second-order valence-corrected chi connectivity index (χ2v) is 11.3. The molecule has 0 atom stereocenters. The van der Waals surface area contributed by atoms with Crippen LogP contribution in [0.1, 0.15) is 36.0 Å². The Balaban J connectivity index is 1.19. The quantitative estimate of drug-likeness (QED) is 0.631. The molecule has 2 aromatic carbocycles. The number of carbonyl (C=O) groups is 1. The molecule has 0 unspecified atom stereocenters. The predicted molar refractivity (Wildman–Crippen MR) is 124 cm³/mol. The highest BCUT2D eigenvalue weighted by atomic mass is 32.2. The van der Waals surface area contributed by atoms with Gasteiger partial charge in [-0.3, -0.25) is 4.79 Å². The maximum Gasteiger partial charge on any atom is 0.243 e. The number of aryl methyl sites for hydroxylation is 2. The normalized spacial score (nSPS) is 17.7. The number of nitrogens with zero attached hydrogens (tertiary/aromatic N) is 1. The summed E-state index contributed by atoms with van der Waals surface area (Å²) in [6.45, 7) is 1.29. The Morgan fingerprint density at radius 1 is 1.06 bits per heavy atom. The fourth-order valence-electron chi connectivity index (χ4n) is 4.71. The molecule has 2 heterocycles. The van der Waals surface area contributed by atoms with Gasteiger partial charge in [0.05, 0.1) is 4.90 Å². The van der Waals surface area contributed by atoms with Gasteiger partial charge in [0.1, 0.15) is 0 Å². The van der Waals surface area contributed by atoms with E-state index in [4.69, 9.17) is 0 Å². The summed E-state index contributed by atoms with van der Waals surface area (Å²) in [5.41, 5.74) is 3.56. The summed E-state index contributed by atoms with van der Waals surface area (Å²) in [4.78, 5) is 13.1. The Morgan fingerprint density at radius 2 is 1.84 bits per heavy atom. The average Bonchev–Trinajstić information content (AvgIpc) is 3.44. The van der Waals surface area contributed by atoms with Crippen molar-refractivity contribution in [3.05, 3.63) is 64.5 Å². The van der Waals surface area contributed by atoms with Crippen molar-refractivity contribution >= 4 is 37.4 Å². The van der Waals surface area contributed by atoms with E-state index in [0.29, 0.717) is 37.4 Å². The zero-order valence-corrected chi connectivity index (χ0v) is 19.0. The molecule has 1 saturated heterocycles. The Morgan fingerprint density at radius 3 is 2.68 bits per heavy atom. The smallest absolute Gasteiger partial charge is 0.243 e. The number of rotatable bonds is 5. The zero-order valence-electron chi connectivity index (χ0n) is 17.3. The summed E-state index contributed by atoms with van der Waals surface area (Å²) < 4.78 is 29.0. The van der Waals surface area contributed by atoms with Crippen LogP contribution in [0.2, 0.25) is 0 Å². The lowest BCUT2D eigenvalue weighted by Crippen LogP contribution is -2.42. The third-order valence-electron chi connectivity index (χ3n) is 6.55. The summed E-state index contributed by atoms with van der Waals surface area (Å²) in [6, 6.07) is 13.7. The summed E-state index contributed by atoms with van der Waals surface area (Å²) >= 11 is 1.68. The minimum absolute atomic E-state index is 0.0184. The third kappa shape index (κ3) is 4.02. The Kier molecular flexibility index (Phi) is 5.58. The van der Waals surface area contributed by atoms with Crippen molar-refractivity contribution in [2.24, 2.45) is 5.92 Å². The second kappa shape index (κ2) is 8.37. The first-order chi connectivity index (χ1) is 15.0. The number of fused-ring (bicyclic) bond motifs is 2. The highest BCUT2D eigenvalue weighted by molar-refractivity contribution is 7.89. The molecule has 2 aliphatic rings. The molecule has 31 heavy (non-hydrogen) atoms. The van der Waals surface area contributed by atoms with E-state index in [-0.39, 0.29) is 11.8 Å². The molecule has 1 amide bonds. The van der Waals surface area contributed by atoms with Crippen LogP contribution in [-0.2, 0) is 34.2 Å². The molecule has 1 fully saturated rings. The third-order valence-corrected chi connectivity index (χ3v) is 9.45. The van der Waals surface area contributed by atoms with Gasteiger partial charge in [-0.05, 0) is 77.8 Å². The van der Waals surface area contributed by atoms with Gasteiger partial charge in [0.2, 0.25) is 15.9 Å². The van der Waals surface area contributed by atoms with Crippen LogP contribution in [0.25, 0.3) is 10.1 Å². The van der Waals surface area contributed by atoms with E-state index in [1.807, 2.05) is 24.3 Å². The minimum Gasteiger partial charge on any atom is -0.352 e. The summed E-state index contributed by atoms with van der Waals surface area (Å²) in [5.74, 6) is -0.124. The molecular weight excluding hydrogens is 428 g/mol. The van der Waals surface area contributed by atoms with Gasteiger partial charge in [-0.25, -0.2) is 8.42 Å². The highest BCUT2D eigenvalue weighted by Gasteiger charge is 2.32. The summed E-state index contributed by atoms with van der Waals surface area (Å²) in [5, 5.41) is 6.34. The van der Waals surface area contributed by atoms with Gasteiger partial charge in [-0.1, -0.05) is 24.3 Å². The van der Waals surface area contributed by atoms with Crippen molar-refractivity contribution in [1.82, 2.24) is 9.62 Å².